The number of H-pyrrole nitrogens is 1. The molecule has 6 heteroatoms. The van der Waals surface area contributed by atoms with Crippen molar-refractivity contribution in [1.29, 1.82) is 0 Å². The zero-order valence-corrected chi connectivity index (χ0v) is 9.69. The first-order valence-corrected chi connectivity index (χ1v) is 5.75. The van der Waals surface area contributed by atoms with Gasteiger partial charge in [-0.15, -0.1) is 0 Å². The van der Waals surface area contributed by atoms with Crippen molar-refractivity contribution in [2.75, 3.05) is 11.9 Å². The van der Waals surface area contributed by atoms with Crippen molar-refractivity contribution in [1.82, 2.24) is 15.5 Å². The second-order valence-corrected chi connectivity index (χ2v) is 4.37. The highest BCUT2D eigenvalue weighted by Gasteiger charge is 2.24. The van der Waals surface area contributed by atoms with Gasteiger partial charge in [0.2, 0.25) is 5.91 Å². The van der Waals surface area contributed by atoms with Crippen LogP contribution in [0.4, 0.5) is 5.82 Å². The Morgan fingerprint density at radius 2 is 2.35 bits per heavy atom. The maximum atomic E-state index is 11.9. The van der Waals surface area contributed by atoms with Crippen molar-refractivity contribution in [2.45, 2.75) is 25.8 Å². The van der Waals surface area contributed by atoms with Crippen LogP contribution in [0.3, 0.4) is 0 Å². The van der Waals surface area contributed by atoms with Gasteiger partial charge < -0.3 is 10.6 Å². The fraction of sp³-hybridized carbons (Fsp3) is 0.545. The molecule has 0 spiro atoms. The van der Waals surface area contributed by atoms with Gasteiger partial charge in [0.05, 0.1) is 0 Å². The van der Waals surface area contributed by atoms with Crippen LogP contribution in [0.25, 0.3) is 0 Å². The highest BCUT2D eigenvalue weighted by Crippen LogP contribution is 2.17. The van der Waals surface area contributed by atoms with Crippen molar-refractivity contribution in [3.63, 3.8) is 0 Å². The molecule has 0 aromatic carbocycles. The third-order valence-corrected chi connectivity index (χ3v) is 2.92. The molecule has 2 atom stereocenters. The summed E-state index contributed by atoms with van der Waals surface area (Å²) in [5, 5.41) is 12.0. The zero-order valence-electron chi connectivity index (χ0n) is 9.69. The summed E-state index contributed by atoms with van der Waals surface area (Å²) in [5.41, 5.74) is -0.279. The molecule has 2 rings (SSSR count). The number of aromatic amines is 1. The third kappa shape index (κ3) is 3.13. The maximum Gasteiger partial charge on any atom is 0.264 e. The largest absolute Gasteiger partial charge is 0.314 e. The molecular formula is C11H16N4O2. The van der Waals surface area contributed by atoms with E-state index in [4.69, 9.17) is 0 Å². The van der Waals surface area contributed by atoms with Crippen LogP contribution in [0.2, 0.25) is 0 Å². The normalized spacial score (nSPS) is 24.3. The van der Waals surface area contributed by atoms with E-state index in [1.165, 1.54) is 12.1 Å². The van der Waals surface area contributed by atoms with Crippen LogP contribution in [0, 0.1) is 5.92 Å². The smallest absolute Gasteiger partial charge is 0.264 e. The first-order chi connectivity index (χ1) is 8.15. The van der Waals surface area contributed by atoms with Gasteiger partial charge in [-0.3, -0.25) is 9.59 Å². The molecule has 6 nitrogen and oxygen atoms in total. The van der Waals surface area contributed by atoms with Crippen LogP contribution < -0.4 is 16.2 Å². The van der Waals surface area contributed by atoms with Gasteiger partial charge in [0, 0.05) is 18.0 Å². The molecular weight excluding hydrogens is 220 g/mol. The zero-order chi connectivity index (χ0) is 12.3. The topological polar surface area (TPSA) is 86.9 Å². The number of hydrogen-bond acceptors (Lipinski definition) is 4. The SMILES string of the molecule is CC1CC(C(=O)Nc2ccc(=O)[nH]n2)CCN1. The Hall–Kier alpha value is -1.69. The summed E-state index contributed by atoms with van der Waals surface area (Å²) in [7, 11) is 0. The molecule has 0 saturated carbocycles. The molecule has 1 aromatic heterocycles. The summed E-state index contributed by atoms with van der Waals surface area (Å²) in [6.07, 6.45) is 1.66. The number of anilines is 1. The Morgan fingerprint density at radius 1 is 1.53 bits per heavy atom. The summed E-state index contributed by atoms with van der Waals surface area (Å²) in [5.74, 6) is 0.374. The van der Waals surface area contributed by atoms with Crippen LogP contribution in [-0.2, 0) is 4.79 Å². The number of hydrogen-bond donors (Lipinski definition) is 3. The van der Waals surface area contributed by atoms with Gasteiger partial charge >= 0.3 is 0 Å². The van der Waals surface area contributed by atoms with Crippen molar-refractivity contribution in [2.24, 2.45) is 5.92 Å². The van der Waals surface area contributed by atoms with E-state index >= 15 is 0 Å². The first kappa shape index (κ1) is 11.8. The van der Waals surface area contributed by atoms with E-state index in [1.54, 1.807) is 0 Å². The Labute approximate surface area is 98.8 Å². The number of aromatic nitrogens is 2. The number of carbonyl (C=O) groups excluding carboxylic acids is 1. The molecule has 1 aliphatic rings. The monoisotopic (exact) mass is 236 g/mol. The molecule has 0 radical (unpaired) electrons. The number of nitrogens with one attached hydrogen (secondary N) is 3. The molecule has 1 aliphatic heterocycles. The second-order valence-electron chi connectivity index (χ2n) is 4.37. The molecule has 1 amide bonds. The van der Waals surface area contributed by atoms with Gasteiger partial charge in [-0.1, -0.05) is 0 Å². The van der Waals surface area contributed by atoms with Crippen molar-refractivity contribution in [3.05, 3.63) is 22.5 Å². The molecule has 1 fully saturated rings. The second kappa shape index (κ2) is 5.09. The summed E-state index contributed by atoms with van der Waals surface area (Å²) < 4.78 is 0. The van der Waals surface area contributed by atoms with Gasteiger partial charge in [0.25, 0.3) is 5.56 Å². The van der Waals surface area contributed by atoms with Crippen molar-refractivity contribution >= 4 is 11.7 Å². The molecule has 17 heavy (non-hydrogen) atoms. The average molecular weight is 236 g/mol. The first-order valence-electron chi connectivity index (χ1n) is 5.75. The number of nitrogens with zero attached hydrogens (tertiary/aromatic N) is 1. The van der Waals surface area contributed by atoms with Gasteiger partial charge in [0.1, 0.15) is 0 Å². The predicted octanol–water partition coefficient (Wildman–Crippen LogP) is 0.0965. The number of rotatable bonds is 2. The Kier molecular flexibility index (Phi) is 3.53. The van der Waals surface area contributed by atoms with Crippen LogP contribution in [0.1, 0.15) is 19.8 Å². The molecule has 0 aliphatic carbocycles. The number of amides is 1. The van der Waals surface area contributed by atoms with E-state index in [0.29, 0.717) is 11.9 Å². The van der Waals surface area contributed by atoms with E-state index in [1.807, 2.05) is 0 Å². The van der Waals surface area contributed by atoms with E-state index < -0.39 is 0 Å². The lowest BCUT2D eigenvalue weighted by Crippen LogP contribution is -2.40. The molecule has 0 bridgehead atoms. The lowest BCUT2D eigenvalue weighted by molar-refractivity contribution is -0.120. The molecule has 92 valence electrons. The minimum absolute atomic E-state index is 0.0139. The van der Waals surface area contributed by atoms with Gasteiger partial charge in [-0.2, -0.15) is 5.10 Å². The summed E-state index contributed by atoms with van der Waals surface area (Å²) in [6, 6.07) is 3.21. The molecule has 2 heterocycles. The minimum atomic E-state index is -0.279. The summed E-state index contributed by atoms with van der Waals surface area (Å²) in [4.78, 5) is 22.7. The van der Waals surface area contributed by atoms with Crippen LogP contribution in [0.15, 0.2) is 16.9 Å². The van der Waals surface area contributed by atoms with Crippen molar-refractivity contribution < 1.29 is 4.79 Å². The highest BCUT2D eigenvalue weighted by molar-refractivity contribution is 5.91. The van der Waals surface area contributed by atoms with E-state index in [-0.39, 0.29) is 17.4 Å². The molecule has 1 aromatic rings. The average Bonchev–Trinajstić information content (AvgIpc) is 2.32. The van der Waals surface area contributed by atoms with Crippen LogP contribution in [-0.4, -0.2) is 28.7 Å². The fourth-order valence-electron chi connectivity index (χ4n) is 2.01. The fourth-order valence-corrected chi connectivity index (χ4v) is 2.01. The van der Waals surface area contributed by atoms with Gasteiger partial charge in [-0.25, -0.2) is 5.10 Å². The molecule has 3 N–H and O–H groups in total. The third-order valence-electron chi connectivity index (χ3n) is 2.92. The summed E-state index contributed by atoms with van der Waals surface area (Å²) >= 11 is 0. The molecule has 2 unspecified atom stereocenters. The van der Waals surface area contributed by atoms with E-state index in [9.17, 15) is 9.59 Å². The van der Waals surface area contributed by atoms with Crippen molar-refractivity contribution in [3.8, 4) is 0 Å². The minimum Gasteiger partial charge on any atom is -0.314 e. The van der Waals surface area contributed by atoms with Gasteiger partial charge in [-0.05, 0) is 32.4 Å². The lowest BCUT2D eigenvalue weighted by atomic mass is 9.92. The molecule has 1 saturated heterocycles. The standard InChI is InChI=1S/C11H16N4O2/c1-7-6-8(4-5-12-7)11(17)13-9-2-3-10(16)15-14-9/h2-3,7-8,12H,4-6H2,1H3,(H,15,16)(H,13,14,17). The van der Waals surface area contributed by atoms with Gasteiger partial charge in [0.15, 0.2) is 5.82 Å². The lowest BCUT2D eigenvalue weighted by Gasteiger charge is -2.26. The summed E-state index contributed by atoms with van der Waals surface area (Å²) in [6.45, 7) is 2.93. The quantitative estimate of drug-likeness (QED) is 0.679. The highest BCUT2D eigenvalue weighted by atomic mass is 16.2. The van der Waals surface area contributed by atoms with E-state index in [0.717, 1.165) is 19.4 Å². The Bertz CT molecular complexity index is 437. The van der Waals surface area contributed by atoms with Crippen LogP contribution >= 0.6 is 0 Å². The Balaban J connectivity index is 1.96. The predicted molar refractivity (Wildman–Crippen MR) is 63.7 cm³/mol. The Morgan fingerprint density at radius 3 is 3.00 bits per heavy atom. The number of piperidine rings is 1. The van der Waals surface area contributed by atoms with Crippen LogP contribution in [0.5, 0.6) is 0 Å². The maximum absolute atomic E-state index is 11.9. The number of carbonyl (C=O) groups is 1. The van der Waals surface area contributed by atoms with E-state index in [2.05, 4.69) is 27.8 Å².